The van der Waals surface area contributed by atoms with Gasteiger partial charge in [-0.2, -0.15) is 4.98 Å². The van der Waals surface area contributed by atoms with E-state index in [1.807, 2.05) is 0 Å². The molecule has 9 heteroatoms. The van der Waals surface area contributed by atoms with Crippen molar-refractivity contribution in [1.29, 1.82) is 0 Å². The van der Waals surface area contributed by atoms with Crippen molar-refractivity contribution in [2.24, 2.45) is 5.73 Å². The number of rotatable bonds is 3. The number of halogens is 3. The molecule has 2 rings (SSSR count). The second-order valence-electron chi connectivity index (χ2n) is 4.24. The maximum absolute atomic E-state index is 14.4. The van der Waals surface area contributed by atoms with Crippen LogP contribution in [0.2, 0.25) is 10.0 Å². The maximum atomic E-state index is 14.4. The average Bonchev–Trinajstić information content (AvgIpc) is 2.44. The van der Waals surface area contributed by atoms with Gasteiger partial charge in [-0.3, -0.25) is 4.79 Å². The summed E-state index contributed by atoms with van der Waals surface area (Å²) in [5.41, 5.74) is 11.2. The summed E-state index contributed by atoms with van der Waals surface area (Å²) in [5.74, 6) is -1.82. The van der Waals surface area contributed by atoms with Crippen LogP contribution in [-0.4, -0.2) is 15.9 Å². The molecule has 1 heterocycles. The standard InChI is InChI=1S/C13H11Cl2FN4O2/c1-5(21)22-13-9(15)11(18)19-12(20-13)6-2-3-8(14)7(4-17)10(6)16/h2-3H,4,17H2,1H3,(H2,18,19,20). The Balaban J connectivity index is 2.63. The molecular formula is C13H11Cl2FN4O2. The highest BCUT2D eigenvalue weighted by atomic mass is 35.5. The number of nitrogen functional groups attached to an aromatic ring is 1. The van der Waals surface area contributed by atoms with Crippen LogP contribution < -0.4 is 16.2 Å². The molecule has 0 aliphatic heterocycles. The van der Waals surface area contributed by atoms with E-state index >= 15 is 0 Å². The lowest BCUT2D eigenvalue weighted by Crippen LogP contribution is -2.08. The summed E-state index contributed by atoms with van der Waals surface area (Å²) < 4.78 is 19.3. The number of anilines is 1. The van der Waals surface area contributed by atoms with Crippen LogP contribution in [0.4, 0.5) is 10.2 Å². The maximum Gasteiger partial charge on any atom is 0.309 e. The summed E-state index contributed by atoms with van der Waals surface area (Å²) in [6, 6.07) is 2.83. The second-order valence-corrected chi connectivity index (χ2v) is 5.02. The number of carbonyl (C=O) groups is 1. The van der Waals surface area contributed by atoms with Gasteiger partial charge in [0.25, 0.3) is 0 Å². The minimum atomic E-state index is -0.675. The highest BCUT2D eigenvalue weighted by Crippen LogP contribution is 2.33. The largest absolute Gasteiger partial charge is 0.406 e. The van der Waals surface area contributed by atoms with Gasteiger partial charge in [-0.1, -0.05) is 23.2 Å². The molecule has 0 unspecified atom stereocenters. The van der Waals surface area contributed by atoms with Crippen molar-refractivity contribution in [3.05, 3.63) is 33.6 Å². The van der Waals surface area contributed by atoms with Crippen molar-refractivity contribution in [2.45, 2.75) is 13.5 Å². The first-order valence-electron chi connectivity index (χ1n) is 6.03. The van der Waals surface area contributed by atoms with Crippen molar-refractivity contribution in [3.63, 3.8) is 0 Å². The van der Waals surface area contributed by atoms with Crippen LogP contribution in [0.15, 0.2) is 12.1 Å². The number of ether oxygens (including phenoxy) is 1. The fourth-order valence-corrected chi connectivity index (χ4v) is 2.07. The Kier molecular flexibility index (Phi) is 4.80. The molecule has 0 atom stereocenters. The lowest BCUT2D eigenvalue weighted by Gasteiger charge is -2.11. The molecule has 0 radical (unpaired) electrons. The van der Waals surface area contributed by atoms with E-state index < -0.39 is 11.8 Å². The van der Waals surface area contributed by atoms with E-state index in [-0.39, 0.29) is 45.2 Å². The Labute approximate surface area is 135 Å². The number of nitrogens with two attached hydrogens (primary N) is 2. The fourth-order valence-electron chi connectivity index (χ4n) is 1.72. The minimum Gasteiger partial charge on any atom is -0.406 e. The molecule has 0 saturated heterocycles. The van der Waals surface area contributed by atoms with E-state index in [2.05, 4.69) is 9.97 Å². The monoisotopic (exact) mass is 344 g/mol. The van der Waals surface area contributed by atoms with Gasteiger partial charge < -0.3 is 16.2 Å². The van der Waals surface area contributed by atoms with Gasteiger partial charge in [-0.15, -0.1) is 0 Å². The van der Waals surface area contributed by atoms with Gasteiger partial charge in [-0.05, 0) is 12.1 Å². The Bertz CT molecular complexity index is 755. The van der Waals surface area contributed by atoms with E-state index in [1.54, 1.807) is 0 Å². The van der Waals surface area contributed by atoms with Crippen molar-refractivity contribution in [3.8, 4) is 17.3 Å². The number of nitrogens with zero attached hydrogens (tertiary/aromatic N) is 2. The highest BCUT2D eigenvalue weighted by Gasteiger charge is 2.19. The number of hydrogen-bond donors (Lipinski definition) is 2. The quantitative estimate of drug-likeness (QED) is 0.829. The van der Waals surface area contributed by atoms with E-state index in [0.717, 1.165) is 0 Å². The van der Waals surface area contributed by atoms with Gasteiger partial charge in [0.1, 0.15) is 16.7 Å². The van der Waals surface area contributed by atoms with Crippen LogP contribution in [0.5, 0.6) is 5.88 Å². The number of aromatic nitrogens is 2. The summed E-state index contributed by atoms with van der Waals surface area (Å²) in [6.45, 7) is 1.07. The lowest BCUT2D eigenvalue weighted by molar-refractivity contribution is -0.132. The number of benzene rings is 1. The first kappa shape index (κ1) is 16.4. The zero-order valence-electron chi connectivity index (χ0n) is 11.4. The van der Waals surface area contributed by atoms with Crippen LogP contribution in [0.3, 0.4) is 0 Å². The molecule has 0 spiro atoms. The molecule has 0 bridgehead atoms. The summed E-state index contributed by atoms with van der Waals surface area (Å²) >= 11 is 11.7. The molecule has 116 valence electrons. The molecule has 0 amide bonds. The van der Waals surface area contributed by atoms with Gasteiger partial charge in [0, 0.05) is 24.1 Å². The minimum absolute atomic E-state index is 0.0154. The van der Waals surface area contributed by atoms with Crippen molar-refractivity contribution < 1.29 is 13.9 Å². The van der Waals surface area contributed by atoms with Gasteiger partial charge in [0.15, 0.2) is 5.82 Å². The van der Waals surface area contributed by atoms with Gasteiger partial charge >= 0.3 is 5.97 Å². The summed E-state index contributed by atoms with van der Waals surface area (Å²) in [5, 5.41) is 0.0539. The molecule has 0 fully saturated rings. The molecule has 1 aromatic carbocycles. The Morgan fingerprint density at radius 1 is 1.36 bits per heavy atom. The topological polar surface area (TPSA) is 104 Å². The predicted octanol–water partition coefficient (Wildman–Crippen LogP) is 2.56. The number of esters is 1. The highest BCUT2D eigenvalue weighted by molar-refractivity contribution is 6.34. The van der Waals surface area contributed by atoms with Crippen LogP contribution in [0.25, 0.3) is 11.4 Å². The van der Waals surface area contributed by atoms with E-state index in [1.165, 1.54) is 19.1 Å². The van der Waals surface area contributed by atoms with Gasteiger partial charge in [-0.25, -0.2) is 9.37 Å². The molecule has 22 heavy (non-hydrogen) atoms. The first-order chi connectivity index (χ1) is 10.3. The molecule has 1 aromatic heterocycles. The summed E-state index contributed by atoms with van der Waals surface area (Å²) in [4.78, 5) is 18.9. The number of hydrogen-bond acceptors (Lipinski definition) is 6. The summed E-state index contributed by atoms with van der Waals surface area (Å²) in [6.07, 6.45) is 0. The molecular weight excluding hydrogens is 334 g/mol. The summed E-state index contributed by atoms with van der Waals surface area (Å²) in [7, 11) is 0. The van der Waals surface area contributed by atoms with Crippen molar-refractivity contribution in [1.82, 2.24) is 9.97 Å². The zero-order chi connectivity index (χ0) is 16.4. The zero-order valence-corrected chi connectivity index (χ0v) is 12.9. The molecule has 6 nitrogen and oxygen atoms in total. The molecule has 0 aliphatic carbocycles. The Hall–Kier alpha value is -1.96. The van der Waals surface area contributed by atoms with Crippen LogP contribution >= 0.6 is 23.2 Å². The second kappa shape index (κ2) is 6.43. The van der Waals surface area contributed by atoms with Gasteiger partial charge in [0.2, 0.25) is 5.88 Å². The number of carbonyl (C=O) groups excluding carboxylic acids is 1. The predicted molar refractivity (Wildman–Crippen MR) is 81.1 cm³/mol. The van der Waals surface area contributed by atoms with Gasteiger partial charge in [0.05, 0.1) is 5.56 Å². The fraction of sp³-hybridized carbons (Fsp3) is 0.154. The van der Waals surface area contributed by atoms with E-state index in [9.17, 15) is 9.18 Å². The van der Waals surface area contributed by atoms with Crippen LogP contribution in [-0.2, 0) is 11.3 Å². The normalized spacial score (nSPS) is 10.6. The van der Waals surface area contributed by atoms with Crippen molar-refractivity contribution >= 4 is 35.0 Å². The molecule has 0 saturated carbocycles. The first-order valence-corrected chi connectivity index (χ1v) is 6.79. The van der Waals surface area contributed by atoms with Crippen molar-refractivity contribution in [2.75, 3.05) is 5.73 Å². The smallest absolute Gasteiger partial charge is 0.309 e. The molecule has 4 N–H and O–H groups in total. The lowest BCUT2D eigenvalue weighted by atomic mass is 10.1. The van der Waals surface area contributed by atoms with E-state index in [0.29, 0.717) is 0 Å². The van der Waals surface area contributed by atoms with E-state index in [4.69, 9.17) is 39.4 Å². The Morgan fingerprint density at radius 3 is 2.64 bits per heavy atom. The third-order valence-electron chi connectivity index (χ3n) is 2.72. The molecule has 0 aliphatic rings. The molecule has 2 aromatic rings. The third-order valence-corrected chi connectivity index (χ3v) is 3.43. The Morgan fingerprint density at radius 2 is 2.05 bits per heavy atom. The SMILES string of the molecule is CC(=O)Oc1nc(-c2ccc(Cl)c(CN)c2F)nc(N)c1Cl. The third kappa shape index (κ3) is 3.11. The van der Waals surface area contributed by atoms with Crippen LogP contribution in [0, 0.1) is 5.82 Å². The average molecular weight is 345 g/mol. The van der Waals surface area contributed by atoms with Crippen LogP contribution in [0.1, 0.15) is 12.5 Å².